The number of ether oxygens (including phenoxy) is 2. The number of carbonyl (C=O) groups is 2. The summed E-state index contributed by atoms with van der Waals surface area (Å²) in [4.78, 5) is 36.8. The van der Waals surface area contributed by atoms with Crippen molar-refractivity contribution in [3.8, 4) is 11.8 Å². The average molecular weight is 499 g/mol. The molecule has 0 aliphatic heterocycles. The van der Waals surface area contributed by atoms with Gasteiger partial charge in [0, 0.05) is 24.4 Å². The minimum Gasteiger partial charge on any atom is -0.481 e. The maximum atomic E-state index is 12.1. The van der Waals surface area contributed by atoms with E-state index in [-0.39, 0.29) is 12.4 Å². The molecule has 37 heavy (non-hydrogen) atoms. The van der Waals surface area contributed by atoms with Crippen LogP contribution in [-0.2, 0) is 21.5 Å². The monoisotopic (exact) mass is 498 g/mol. The molecule has 0 spiro atoms. The number of hydrogen-bond donors (Lipinski definition) is 2. The summed E-state index contributed by atoms with van der Waals surface area (Å²) >= 11 is 0. The van der Waals surface area contributed by atoms with Gasteiger partial charge in [-0.1, -0.05) is 30.3 Å². The number of carboxylic acids is 1. The summed E-state index contributed by atoms with van der Waals surface area (Å²) in [7, 11) is 1.29. The van der Waals surface area contributed by atoms with Crippen molar-refractivity contribution in [3.63, 3.8) is 0 Å². The number of nitrogens with zero attached hydrogens (tertiary/aromatic N) is 3. The largest absolute Gasteiger partial charge is 0.481 e. The average Bonchev–Trinajstić information content (AvgIpc) is 2.92. The number of pyridine rings is 1. The second-order valence-corrected chi connectivity index (χ2v) is 8.51. The van der Waals surface area contributed by atoms with Crippen molar-refractivity contribution in [1.82, 2.24) is 15.0 Å². The third-order valence-electron chi connectivity index (χ3n) is 5.90. The number of anilines is 1. The molecular weight excluding hydrogens is 472 g/mol. The van der Waals surface area contributed by atoms with Crippen molar-refractivity contribution in [2.24, 2.45) is 0 Å². The first kappa shape index (κ1) is 25.3. The van der Waals surface area contributed by atoms with Crippen molar-refractivity contribution in [1.29, 1.82) is 0 Å². The predicted molar refractivity (Wildman–Crippen MR) is 137 cm³/mol. The van der Waals surface area contributed by atoms with E-state index in [0.717, 1.165) is 11.4 Å². The van der Waals surface area contributed by atoms with Crippen molar-refractivity contribution in [2.45, 2.75) is 25.3 Å². The number of aromatic nitrogens is 3. The summed E-state index contributed by atoms with van der Waals surface area (Å²) in [5.41, 5.74) is 1.34. The highest BCUT2D eigenvalue weighted by Gasteiger charge is 2.34. The fourth-order valence-electron chi connectivity index (χ4n) is 3.89. The number of esters is 1. The van der Waals surface area contributed by atoms with Crippen LogP contribution in [0.4, 0.5) is 5.82 Å². The lowest BCUT2D eigenvalue weighted by Gasteiger charge is -2.28. The van der Waals surface area contributed by atoms with Crippen LogP contribution in [0.1, 0.15) is 40.5 Å². The maximum absolute atomic E-state index is 12.1. The Bertz CT molecular complexity index is 1380. The Morgan fingerprint density at radius 3 is 2.49 bits per heavy atom. The number of hydrogen-bond acceptors (Lipinski definition) is 8. The van der Waals surface area contributed by atoms with E-state index in [0.29, 0.717) is 29.1 Å². The molecule has 1 atom stereocenters. The zero-order valence-corrected chi connectivity index (χ0v) is 20.4. The van der Waals surface area contributed by atoms with Gasteiger partial charge in [0.25, 0.3) is 0 Å². The molecular formula is C28H26N4O5. The molecule has 4 rings (SSSR count). The third kappa shape index (κ3) is 6.26. The van der Waals surface area contributed by atoms with Crippen molar-refractivity contribution < 1.29 is 24.2 Å². The highest BCUT2D eigenvalue weighted by atomic mass is 16.5. The first-order valence-corrected chi connectivity index (χ1v) is 11.5. The molecule has 2 aromatic carbocycles. The maximum Gasteiger partial charge on any atom is 0.337 e. The summed E-state index contributed by atoms with van der Waals surface area (Å²) in [5, 5.41) is 12.9. The Kier molecular flexibility index (Phi) is 7.73. The minimum absolute atomic E-state index is 0.0811. The van der Waals surface area contributed by atoms with E-state index in [1.807, 2.05) is 42.5 Å². The van der Waals surface area contributed by atoms with E-state index >= 15 is 0 Å². The van der Waals surface area contributed by atoms with Gasteiger partial charge in [0.1, 0.15) is 11.6 Å². The molecule has 4 aromatic rings. The third-order valence-corrected chi connectivity index (χ3v) is 5.90. The summed E-state index contributed by atoms with van der Waals surface area (Å²) in [6.45, 7) is 2.36. The van der Waals surface area contributed by atoms with Gasteiger partial charge in [-0.2, -0.15) is 4.98 Å². The van der Waals surface area contributed by atoms with Gasteiger partial charge in [-0.25, -0.2) is 14.8 Å². The highest BCUT2D eigenvalue weighted by molar-refractivity contribution is 5.89. The first-order chi connectivity index (χ1) is 17.9. The molecule has 2 heterocycles. The summed E-state index contributed by atoms with van der Waals surface area (Å²) in [6, 6.07) is 21.5. The molecule has 9 nitrogen and oxygen atoms in total. The van der Waals surface area contributed by atoms with Crippen LogP contribution < -0.4 is 10.1 Å². The van der Waals surface area contributed by atoms with Crippen LogP contribution in [0, 0.1) is 0 Å². The predicted octanol–water partition coefficient (Wildman–Crippen LogP) is 4.84. The zero-order valence-electron chi connectivity index (χ0n) is 20.4. The summed E-state index contributed by atoms with van der Waals surface area (Å²) < 4.78 is 10.7. The zero-order chi connectivity index (χ0) is 26.3. The van der Waals surface area contributed by atoms with E-state index in [1.54, 1.807) is 43.5 Å². The van der Waals surface area contributed by atoms with Gasteiger partial charge in [-0.15, -0.1) is 0 Å². The Morgan fingerprint density at radius 2 is 1.78 bits per heavy atom. The number of methoxy groups -OCH3 is 1. The van der Waals surface area contributed by atoms with Crippen LogP contribution in [0.15, 0.2) is 85.2 Å². The second kappa shape index (κ2) is 11.3. The van der Waals surface area contributed by atoms with E-state index in [2.05, 4.69) is 20.3 Å². The Hall–Kier alpha value is -4.79. The lowest BCUT2D eigenvalue weighted by atomic mass is 9.76. The number of nitrogens with one attached hydrogen (secondary N) is 1. The van der Waals surface area contributed by atoms with Gasteiger partial charge in [0.2, 0.25) is 0 Å². The number of aliphatic carboxylic acids is 1. The van der Waals surface area contributed by atoms with E-state index in [1.165, 1.54) is 13.3 Å². The minimum atomic E-state index is -1.06. The molecule has 2 N–H and O–H groups in total. The molecule has 0 saturated heterocycles. The van der Waals surface area contributed by atoms with Crippen LogP contribution in [0.3, 0.4) is 0 Å². The fourth-order valence-corrected chi connectivity index (χ4v) is 3.89. The van der Waals surface area contributed by atoms with Gasteiger partial charge < -0.3 is 19.9 Å². The van der Waals surface area contributed by atoms with Crippen LogP contribution >= 0.6 is 0 Å². The normalized spacial score (nSPS) is 12.3. The fraction of sp³-hybridized carbons (Fsp3) is 0.179. The Labute approximate surface area is 214 Å². The van der Waals surface area contributed by atoms with Crippen LogP contribution in [-0.4, -0.2) is 39.1 Å². The quantitative estimate of drug-likeness (QED) is 0.296. The Balaban J connectivity index is 1.54. The number of rotatable bonds is 10. The van der Waals surface area contributed by atoms with E-state index in [4.69, 9.17) is 9.47 Å². The SMILES string of the molecule is COC(=O)c1cccc(C(C)(CC(=O)O)c2ccnc(Oc3ccc(CNc4ccccn4)cc3)n2)c1. The summed E-state index contributed by atoms with van der Waals surface area (Å²) in [5.74, 6) is -0.201. The van der Waals surface area contributed by atoms with Crippen LogP contribution in [0.5, 0.6) is 11.8 Å². The van der Waals surface area contributed by atoms with Crippen LogP contribution in [0.25, 0.3) is 0 Å². The molecule has 1 unspecified atom stereocenters. The molecule has 0 fully saturated rings. The molecule has 0 saturated carbocycles. The van der Waals surface area contributed by atoms with Crippen molar-refractivity contribution in [3.05, 3.63) is 108 Å². The molecule has 9 heteroatoms. The smallest absolute Gasteiger partial charge is 0.337 e. The molecule has 0 amide bonds. The molecule has 0 bridgehead atoms. The van der Waals surface area contributed by atoms with Gasteiger partial charge in [0.15, 0.2) is 0 Å². The van der Waals surface area contributed by atoms with Gasteiger partial charge in [0.05, 0.1) is 24.8 Å². The Morgan fingerprint density at radius 1 is 0.973 bits per heavy atom. The van der Waals surface area contributed by atoms with Crippen molar-refractivity contribution in [2.75, 3.05) is 12.4 Å². The van der Waals surface area contributed by atoms with Gasteiger partial charge in [-0.3, -0.25) is 4.79 Å². The van der Waals surface area contributed by atoms with Crippen molar-refractivity contribution >= 4 is 17.8 Å². The highest BCUT2D eigenvalue weighted by Crippen LogP contribution is 2.35. The number of carbonyl (C=O) groups excluding carboxylic acids is 1. The molecule has 0 aliphatic rings. The number of carboxylic acid groups (broad SMARTS) is 1. The topological polar surface area (TPSA) is 124 Å². The standard InChI is InChI=1S/C28H26N4O5/c1-28(17-25(33)34,21-7-5-6-20(16-21)26(35)36-2)23-13-15-30-27(32-23)37-22-11-9-19(10-12-22)18-31-24-8-3-4-14-29-24/h3-16H,17-18H2,1-2H3,(H,29,31)(H,33,34). The molecule has 0 aliphatic carbocycles. The van der Waals surface area contributed by atoms with Gasteiger partial charge >= 0.3 is 17.9 Å². The number of benzene rings is 2. The first-order valence-electron chi connectivity index (χ1n) is 11.5. The van der Waals surface area contributed by atoms with Crippen LogP contribution in [0.2, 0.25) is 0 Å². The second-order valence-electron chi connectivity index (χ2n) is 8.51. The summed E-state index contributed by atoms with van der Waals surface area (Å²) in [6.07, 6.45) is 2.99. The lowest BCUT2D eigenvalue weighted by Crippen LogP contribution is -2.29. The lowest BCUT2D eigenvalue weighted by molar-refractivity contribution is -0.138. The molecule has 0 radical (unpaired) electrons. The van der Waals surface area contributed by atoms with E-state index in [9.17, 15) is 14.7 Å². The molecule has 188 valence electrons. The molecule has 2 aromatic heterocycles. The van der Waals surface area contributed by atoms with Gasteiger partial charge in [-0.05, 0) is 60.5 Å². The van der Waals surface area contributed by atoms with E-state index < -0.39 is 17.4 Å².